The molecule has 3 aromatic rings. The molecule has 21 heavy (non-hydrogen) atoms. The van der Waals surface area contributed by atoms with Crippen molar-refractivity contribution in [2.24, 2.45) is 0 Å². The monoisotopic (exact) mass is 296 g/mol. The van der Waals surface area contributed by atoms with E-state index in [-0.39, 0.29) is 6.04 Å². The molecule has 1 heterocycles. The molecule has 0 saturated heterocycles. The number of aromatic nitrogens is 1. The van der Waals surface area contributed by atoms with E-state index >= 15 is 0 Å². The summed E-state index contributed by atoms with van der Waals surface area (Å²) in [5.74, 6) is 0. The van der Waals surface area contributed by atoms with Gasteiger partial charge in [0, 0.05) is 16.1 Å². The molecule has 3 heteroatoms. The normalized spacial score (nSPS) is 12.5. The lowest BCUT2D eigenvalue weighted by Crippen LogP contribution is -2.18. The minimum Gasteiger partial charge on any atom is -0.309 e. The molecule has 1 unspecified atom stereocenters. The van der Waals surface area contributed by atoms with Gasteiger partial charge >= 0.3 is 0 Å². The summed E-state index contributed by atoms with van der Waals surface area (Å²) in [4.78, 5) is 4.55. The third kappa shape index (κ3) is 2.78. The Hall–Kier alpha value is -1.90. The van der Waals surface area contributed by atoms with Gasteiger partial charge in [0.05, 0.1) is 11.6 Å². The van der Waals surface area contributed by atoms with Crippen LogP contribution in [-0.2, 0) is 0 Å². The Morgan fingerprint density at radius 2 is 1.86 bits per heavy atom. The molecule has 0 amide bonds. The molecule has 0 saturated carbocycles. The van der Waals surface area contributed by atoms with Gasteiger partial charge in [-0.15, -0.1) is 0 Å². The number of nitrogens with one attached hydrogen (secondary N) is 1. The van der Waals surface area contributed by atoms with Crippen molar-refractivity contribution in [1.29, 1.82) is 0 Å². The van der Waals surface area contributed by atoms with Gasteiger partial charge in [-0.3, -0.25) is 4.98 Å². The van der Waals surface area contributed by atoms with E-state index in [1.165, 1.54) is 5.56 Å². The summed E-state index contributed by atoms with van der Waals surface area (Å²) in [5.41, 5.74) is 4.32. The Balaban J connectivity index is 2.09. The van der Waals surface area contributed by atoms with Crippen molar-refractivity contribution in [2.45, 2.75) is 13.0 Å². The molecule has 0 spiro atoms. The maximum absolute atomic E-state index is 6.33. The standard InChI is InChI=1S/C18H17ClN2/c1-12-7-8-13-11-14(9-10-17(13)21-12)18(20-2)15-5-3-4-6-16(15)19/h3-11,18,20H,1-2H3. The average molecular weight is 297 g/mol. The number of hydrogen-bond donors (Lipinski definition) is 1. The van der Waals surface area contributed by atoms with Crippen LogP contribution in [0.2, 0.25) is 5.02 Å². The van der Waals surface area contributed by atoms with Crippen molar-refractivity contribution in [3.63, 3.8) is 0 Å². The predicted octanol–water partition coefficient (Wildman–Crippen LogP) is 4.51. The molecule has 3 rings (SSSR count). The molecule has 1 N–H and O–H groups in total. The quantitative estimate of drug-likeness (QED) is 0.769. The third-order valence-electron chi connectivity index (χ3n) is 3.69. The van der Waals surface area contributed by atoms with Crippen LogP contribution >= 0.6 is 11.6 Å². The number of hydrogen-bond acceptors (Lipinski definition) is 2. The fourth-order valence-electron chi connectivity index (χ4n) is 2.64. The fraction of sp³-hybridized carbons (Fsp3) is 0.167. The Morgan fingerprint density at radius 1 is 1.05 bits per heavy atom. The van der Waals surface area contributed by atoms with E-state index in [9.17, 15) is 0 Å². The van der Waals surface area contributed by atoms with E-state index in [1.807, 2.05) is 38.2 Å². The fourth-order valence-corrected chi connectivity index (χ4v) is 2.88. The van der Waals surface area contributed by atoms with E-state index in [1.54, 1.807) is 0 Å². The summed E-state index contributed by atoms with van der Waals surface area (Å²) in [7, 11) is 1.95. The Morgan fingerprint density at radius 3 is 2.62 bits per heavy atom. The number of pyridine rings is 1. The first kappa shape index (κ1) is 14.1. The Bertz CT molecular complexity index is 783. The van der Waals surface area contributed by atoms with Gasteiger partial charge in [0.25, 0.3) is 0 Å². The van der Waals surface area contributed by atoms with E-state index in [0.29, 0.717) is 0 Å². The van der Waals surface area contributed by atoms with Gasteiger partial charge in [-0.1, -0.05) is 41.9 Å². The number of halogens is 1. The highest BCUT2D eigenvalue weighted by Gasteiger charge is 2.15. The maximum atomic E-state index is 6.33. The SMILES string of the molecule is CNC(c1ccc2nc(C)ccc2c1)c1ccccc1Cl. The highest BCUT2D eigenvalue weighted by Crippen LogP contribution is 2.29. The molecular weight excluding hydrogens is 280 g/mol. The number of fused-ring (bicyclic) bond motifs is 1. The topological polar surface area (TPSA) is 24.9 Å². The maximum Gasteiger partial charge on any atom is 0.0705 e. The van der Waals surface area contributed by atoms with Gasteiger partial charge < -0.3 is 5.32 Å². The molecule has 0 aliphatic carbocycles. The largest absolute Gasteiger partial charge is 0.309 e. The first-order chi connectivity index (χ1) is 10.2. The van der Waals surface area contributed by atoms with Crippen molar-refractivity contribution in [3.05, 3.63) is 76.4 Å². The van der Waals surface area contributed by atoms with Crippen LogP contribution in [0.25, 0.3) is 10.9 Å². The number of rotatable bonds is 3. The van der Waals surface area contributed by atoms with Gasteiger partial charge in [0.2, 0.25) is 0 Å². The lowest BCUT2D eigenvalue weighted by atomic mass is 9.97. The van der Waals surface area contributed by atoms with Crippen molar-refractivity contribution >= 4 is 22.5 Å². The van der Waals surface area contributed by atoms with E-state index in [0.717, 1.165) is 27.2 Å². The number of aryl methyl sites for hydroxylation is 1. The summed E-state index contributed by atoms with van der Waals surface area (Å²) in [6.07, 6.45) is 0. The zero-order chi connectivity index (χ0) is 14.8. The molecule has 2 aromatic carbocycles. The van der Waals surface area contributed by atoms with Crippen molar-refractivity contribution in [2.75, 3.05) is 7.05 Å². The molecule has 0 aliphatic heterocycles. The minimum absolute atomic E-state index is 0.0735. The van der Waals surface area contributed by atoms with Gasteiger partial charge in [0.1, 0.15) is 0 Å². The summed E-state index contributed by atoms with van der Waals surface area (Å²) in [6.45, 7) is 2.01. The first-order valence-corrected chi connectivity index (χ1v) is 7.36. The lowest BCUT2D eigenvalue weighted by Gasteiger charge is -2.19. The van der Waals surface area contributed by atoms with Gasteiger partial charge in [-0.2, -0.15) is 0 Å². The average Bonchev–Trinajstić information content (AvgIpc) is 2.50. The second-order valence-electron chi connectivity index (χ2n) is 5.15. The van der Waals surface area contributed by atoms with Crippen molar-refractivity contribution in [3.8, 4) is 0 Å². The molecule has 2 nitrogen and oxygen atoms in total. The molecule has 0 aliphatic rings. The highest BCUT2D eigenvalue weighted by molar-refractivity contribution is 6.31. The van der Waals surface area contributed by atoms with Crippen LogP contribution in [0, 0.1) is 6.92 Å². The van der Waals surface area contributed by atoms with Gasteiger partial charge in [-0.25, -0.2) is 0 Å². The van der Waals surface area contributed by atoms with Crippen LogP contribution in [0.5, 0.6) is 0 Å². The van der Waals surface area contributed by atoms with Crippen LogP contribution < -0.4 is 5.32 Å². The van der Waals surface area contributed by atoms with E-state index in [2.05, 4.69) is 40.6 Å². The predicted molar refractivity (Wildman–Crippen MR) is 88.8 cm³/mol. The minimum atomic E-state index is 0.0735. The second kappa shape index (κ2) is 5.84. The Kier molecular flexibility index (Phi) is 3.91. The molecule has 1 atom stereocenters. The summed E-state index contributed by atoms with van der Waals surface area (Å²) in [6, 6.07) is 18.5. The van der Waals surface area contributed by atoms with Crippen molar-refractivity contribution < 1.29 is 0 Å². The van der Waals surface area contributed by atoms with E-state index < -0.39 is 0 Å². The van der Waals surface area contributed by atoms with Crippen LogP contribution in [0.3, 0.4) is 0 Å². The van der Waals surface area contributed by atoms with Crippen LogP contribution in [-0.4, -0.2) is 12.0 Å². The molecule has 0 bridgehead atoms. The summed E-state index contributed by atoms with van der Waals surface area (Å²) in [5, 5.41) is 5.27. The zero-order valence-electron chi connectivity index (χ0n) is 12.1. The molecule has 0 fully saturated rings. The molecule has 106 valence electrons. The number of benzene rings is 2. The first-order valence-electron chi connectivity index (χ1n) is 6.98. The number of nitrogens with zero attached hydrogens (tertiary/aromatic N) is 1. The van der Waals surface area contributed by atoms with Crippen LogP contribution in [0.4, 0.5) is 0 Å². The van der Waals surface area contributed by atoms with E-state index in [4.69, 9.17) is 11.6 Å². The second-order valence-corrected chi connectivity index (χ2v) is 5.56. The van der Waals surface area contributed by atoms with Crippen LogP contribution in [0.15, 0.2) is 54.6 Å². The van der Waals surface area contributed by atoms with Crippen molar-refractivity contribution in [1.82, 2.24) is 10.3 Å². The van der Waals surface area contributed by atoms with Gasteiger partial charge in [-0.05, 0) is 49.4 Å². The van der Waals surface area contributed by atoms with Crippen LogP contribution in [0.1, 0.15) is 22.9 Å². The summed E-state index contributed by atoms with van der Waals surface area (Å²) >= 11 is 6.33. The molecule has 0 radical (unpaired) electrons. The smallest absolute Gasteiger partial charge is 0.0705 e. The summed E-state index contributed by atoms with van der Waals surface area (Å²) < 4.78 is 0. The Labute approximate surface area is 129 Å². The van der Waals surface area contributed by atoms with Gasteiger partial charge in [0.15, 0.2) is 0 Å². The molecule has 1 aromatic heterocycles. The third-order valence-corrected chi connectivity index (χ3v) is 4.03. The zero-order valence-corrected chi connectivity index (χ0v) is 12.9. The molecular formula is C18H17ClN2. The highest BCUT2D eigenvalue weighted by atomic mass is 35.5. The lowest BCUT2D eigenvalue weighted by molar-refractivity contribution is 0.693.